The number of carbonyl (C=O) groups is 1. The smallest absolute Gasteiger partial charge is 0.335 e. The van der Waals surface area contributed by atoms with Crippen molar-refractivity contribution in [2.75, 3.05) is 39.4 Å². The Labute approximate surface area is 254 Å². The van der Waals surface area contributed by atoms with Crippen LogP contribution in [0.3, 0.4) is 0 Å². The van der Waals surface area contributed by atoms with Crippen LogP contribution < -0.4 is 0 Å². The number of rotatable bonds is 6. The molecular weight excluding hydrogens is 575 g/mol. The SMILES string of the molecule is C1COC1.Cn1c(CN2CCN(Cc3cc4ccc(-c5ccc(Cl)cc5Cl)cc4o3)CC2)nc2ccc(C(=O)O)cc21. The highest BCUT2D eigenvalue weighted by atomic mass is 35.5. The number of hydrogen-bond donors (Lipinski definition) is 1. The summed E-state index contributed by atoms with van der Waals surface area (Å²) >= 11 is 12.5. The van der Waals surface area contributed by atoms with Crippen molar-refractivity contribution < 1.29 is 19.1 Å². The Morgan fingerprint density at radius 1 is 0.929 bits per heavy atom. The summed E-state index contributed by atoms with van der Waals surface area (Å²) in [5.41, 5.74) is 4.69. The molecule has 8 nitrogen and oxygen atoms in total. The van der Waals surface area contributed by atoms with Gasteiger partial charge in [-0.25, -0.2) is 9.78 Å². The third-order valence-electron chi connectivity index (χ3n) is 7.82. The van der Waals surface area contributed by atoms with Crippen molar-refractivity contribution in [2.45, 2.75) is 19.5 Å². The minimum absolute atomic E-state index is 0.274. The number of fused-ring (bicyclic) bond motifs is 2. The number of carboxylic acid groups (broad SMARTS) is 1. The van der Waals surface area contributed by atoms with Crippen LogP contribution in [0.25, 0.3) is 33.1 Å². The number of carboxylic acids is 1. The van der Waals surface area contributed by atoms with E-state index in [0.29, 0.717) is 10.0 Å². The summed E-state index contributed by atoms with van der Waals surface area (Å²) in [6, 6.07) is 18.8. The first-order valence-corrected chi connectivity index (χ1v) is 14.8. The van der Waals surface area contributed by atoms with E-state index in [9.17, 15) is 9.90 Å². The lowest BCUT2D eigenvalue weighted by molar-refractivity contribution is 0.0367. The quantitative estimate of drug-likeness (QED) is 0.230. The highest BCUT2D eigenvalue weighted by molar-refractivity contribution is 6.36. The molecule has 2 aliphatic heterocycles. The molecule has 0 spiro atoms. The van der Waals surface area contributed by atoms with Gasteiger partial charge < -0.3 is 18.8 Å². The van der Waals surface area contributed by atoms with Crippen molar-refractivity contribution in [1.82, 2.24) is 19.4 Å². The number of imidazole rings is 1. The fourth-order valence-electron chi connectivity index (χ4n) is 5.24. The van der Waals surface area contributed by atoms with Crippen molar-refractivity contribution in [3.8, 4) is 11.1 Å². The van der Waals surface area contributed by atoms with E-state index in [2.05, 4.69) is 28.0 Å². The van der Waals surface area contributed by atoms with E-state index in [4.69, 9.17) is 37.3 Å². The van der Waals surface area contributed by atoms with Gasteiger partial charge in [-0.15, -0.1) is 0 Å². The van der Waals surface area contributed by atoms with Crippen LogP contribution in [0.5, 0.6) is 0 Å². The zero-order chi connectivity index (χ0) is 29.2. The van der Waals surface area contributed by atoms with Crippen LogP contribution in [0.2, 0.25) is 10.0 Å². The van der Waals surface area contributed by atoms with Crippen LogP contribution in [0.4, 0.5) is 0 Å². The van der Waals surface area contributed by atoms with Crippen molar-refractivity contribution in [2.24, 2.45) is 7.05 Å². The van der Waals surface area contributed by atoms with Gasteiger partial charge in [0.25, 0.3) is 0 Å². The number of piperazine rings is 1. The van der Waals surface area contributed by atoms with Crippen LogP contribution in [-0.2, 0) is 24.9 Å². The van der Waals surface area contributed by atoms with Crippen molar-refractivity contribution >= 4 is 51.2 Å². The summed E-state index contributed by atoms with van der Waals surface area (Å²) in [4.78, 5) is 20.9. The van der Waals surface area contributed by atoms with Gasteiger partial charge in [0.2, 0.25) is 0 Å². The lowest BCUT2D eigenvalue weighted by atomic mass is 10.0. The van der Waals surface area contributed by atoms with E-state index < -0.39 is 5.97 Å². The Kier molecular flexibility index (Phi) is 8.51. The molecule has 1 N–H and O–H groups in total. The summed E-state index contributed by atoms with van der Waals surface area (Å²) in [5.74, 6) is 0.948. The van der Waals surface area contributed by atoms with Crippen LogP contribution in [0.15, 0.2) is 65.1 Å². The maximum absolute atomic E-state index is 11.3. The molecule has 4 heterocycles. The molecule has 0 unspecified atom stereocenters. The minimum atomic E-state index is -0.929. The average molecular weight is 608 g/mol. The van der Waals surface area contributed by atoms with Crippen molar-refractivity contribution in [3.63, 3.8) is 0 Å². The largest absolute Gasteiger partial charge is 0.478 e. The number of aromatic carboxylic acids is 1. The monoisotopic (exact) mass is 606 g/mol. The van der Waals surface area contributed by atoms with E-state index in [0.717, 1.165) is 97.2 Å². The third kappa shape index (κ3) is 6.33. The number of aromatic nitrogens is 2. The standard InChI is InChI=1S/C29H26Cl2N4O3.C3H6O/c1-33-26-13-20(29(36)37)4-7-25(26)32-28(33)17-35-10-8-34(9-11-35)16-22-12-19-3-2-18(14-27(19)38-22)23-6-5-21(30)15-24(23)31;1-2-4-3-1/h2-7,12-15H,8-11,16-17H2,1H3,(H,36,37);1-3H2. The van der Waals surface area contributed by atoms with Gasteiger partial charge in [0.1, 0.15) is 17.2 Å². The van der Waals surface area contributed by atoms with Gasteiger partial charge in [-0.2, -0.15) is 0 Å². The molecule has 218 valence electrons. The number of ether oxygens (including phenoxy) is 1. The Hall–Kier alpha value is -3.40. The van der Waals surface area contributed by atoms with Gasteiger partial charge in [-0.3, -0.25) is 9.80 Å². The number of furan rings is 1. The zero-order valence-electron chi connectivity index (χ0n) is 23.4. The Morgan fingerprint density at radius 2 is 1.64 bits per heavy atom. The first-order chi connectivity index (χ1) is 20.3. The van der Waals surface area contributed by atoms with Crippen molar-refractivity contribution in [3.05, 3.63) is 87.9 Å². The van der Waals surface area contributed by atoms with E-state index in [1.807, 2.05) is 29.8 Å². The molecule has 42 heavy (non-hydrogen) atoms. The van der Waals surface area contributed by atoms with E-state index in [-0.39, 0.29) is 5.56 Å². The summed E-state index contributed by atoms with van der Waals surface area (Å²) in [6.07, 6.45) is 1.28. The number of nitrogens with zero attached hydrogens (tertiary/aromatic N) is 4. The molecule has 0 radical (unpaired) electrons. The fourth-order valence-corrected chi connectivity index (χ4v) is 5.76. The highest BCUT2D eigenvalue weighted by Crippen LogP contribution is 2.33. The van der Waals surface area contributed by atoms with Gasteiger partial charge in [0.15, 0.2) is 0 Å². The topological polar surface area (TPSA) is 84.0 Å². The van der Waals surface area contributed by atoms with Crippen LogP contribution in [0, 0.1) is 0 Å². The molecule has 7 rings (SSSR count). The van der Waals surface area contributed by atoms with Gasteiger partial charge >= 0.3 is 5.97 Å². The highest BCUT2D eigenvalue weighted by Gasteiger charge is 2.21. The molecule has 0 aliphatic carbocycles. The molecule has 2 aromatic heterocycles. The number of hydrogen-bond acceptors (Lipinski definition) is 6. The van der Waals surface area contributed by atoms with Gasteiger partial charge in [-0.1, -0.05) is 41.4 Å². The molecule has 0 atom stereocenters. The Bertz CT molecular complexity index is 1730. The van der Waals surface area contributed by atoms with Crippen molar-refractivity contribution in [1.29, 1.82) is 0 Å². The van der Waals surface area contributed by atoms with E-state index in [1.54, 1.807) is 24.3 Å². The molecule has 0 amide bonds. The van der Waals surface area contributed by atoms with Gasteiger partial charge in [-0.05, 0) is 54.4 Å². The lowest BCUT2D eigenvalue weighted by Crippen LogP contribution is -2.45. The molecular formula is C32H32Cl2N4O4. The summed E-state index contributed by atoms with van der Waals surface area (Å²) in [7, 11) is 1.94. The molecule has 2 fully saturated rings. The van der Waals surface area contributed by atoms with Crippen LogP contribution in [0.1, 0.15) is 28.4 Å². The molecule has 0 bridgehead atoms. The lowest BCUT2D eigenvalue weighted by Gasteiger charge is -2.33. The third-order valence-corrected chi connectivity index (χ3v) is 8.37. The molecule has 2 aliphatic rings. The fraction of sp³-hybridized carbons (Fsp3) is 0.312. The zero-order valence-corrected chi connectivity index (χ0v) is 24.9. The minimum Gasteiger partial charge on any atom is -0.478 e. The number of aryl methyl sites for hydroxylation is 1. The Balaban J connectivity index is 0.000000729. The maximum Gasteiger partial charge on any atom is 0.335 e. The normalized spacial score (nSPS) is 15.9. The van der Waals surface area contributed by atoms with Gasteiger partial charge in [0.05, 0.1) is 29.7 Å². The average Bonchev–Trinajstić information content (AvgIpc) is 3.47. The van der Waals surface area contributed by atoms with Gasteiger partial charge in [0, 0.05) is 67.4 Å². The second kappa shape index (κ2) is 12.5. The van der Waals surface area contributed by atoms with E-state index >= 15 is 0 Å². The molecule has 0 saturated carbocycles. The summed E-state index contributed by atoms with van der Waals surface area (Å²) < 4.78 is 12.9. The summed E-state index contributed by atoms with van der Waals surface area (Å²) in [5, 5.41) is 11.6. The van der Waals surface area contributed by atoms with Crippen LogP contribution in [-0.4, -0.2) is 69.8 Å². The maximum atomic E-state index is 11.3. The molecule has 2 saturated heterocycles. The first-order valence-electron chi connectivity index (χ1n) is 14.0. The summed E-state index contributed by atoms with van der Waals surface area (Å²) in [6.45, 7) is 7.17. The van der Waals surface area contributed by atoms with Crippen LogP contribution >= 0.6 is 23.2 Å². The van der Waals surface area contributed by atoms with E-state index in [1.165, 1.54) is 6.42 Å². The predicted octanol–water partition coefficient (Wildman–Crippen LogP) is 6.72. The predicted molar refractivity (Wildman–Crippen MR) is 165 cm³/mol. The molecule has 3 aromatic carbocycles. The molecule has 5 aromatic rings. The second-order valence-electron chi connectivity index (χ2n) is 10.7. The Morgan fingerprint density at radius 3 is 2.31 bits per heavy atom. The second-order valence-corrected chi connectivity index (χ2v) is 11.5. The first kappa shape index (κ1) is 28.7. The number of halogens is 2. The number of benzene rings is 3. The molecule has 10 heteroatoms.